The first kappa shape index (κ1) is 15.9. The van der Waals surface area contributed by atoms with E-state index < -0.39 is 12.1 Å². The van der Waals surface area contributed by atoms with Crippen molar-refractivity contribution in [3.8, 4) is 0 Å². The van der Waals surface area contributed by atoms with Crippen molar-refractivity contribution in [2.45, 2.75) is 45.8 Å². The molecular weight excluding hydrogens is 222 g/mol. The largest absolute Gasteiger partial charge is 0.393 e. The van der Waals surface area contributed by atoms with Crippen LogP contribution in [0.3, 0.4) is 0 Å². The minimum Gasteiger partial charge on any atom is -0.393 e. The molecule has 0 aliphatic carbocycles. The van der Waals surface area contributed by atoms with Crippen molar-refractivity contribution in [3.05, 3.63) is 0 Å². The number of hydrogen-bond donors (Lipinski definition) is 4. The van der Waals surface area contributed by atoms with Crippen molar-refractivity contribution < 1.29 is 14.7 Å². The molecule has 0 aromatic heterocycles. The van der Waals surface area contributed by atoms with Crippen LogP contribution in [0.15, 0.2) is 0 Å². The highest BCUT2D eigenvalue weighted by Gasteiger charge is 2.14. The third-order valence-corrected chi connectivity index (χ3v) is 2.22. The Kier molecular flexibility index (Phi) is 8.35. The summed E-state index contributed by atoms with van der Waals surface area (Å²) in [5, 5.41) is 16.7. The molecule has 0 radical (unpaired) electrons. The predicted molar refractivity (Wildman–Crippen MR) is 65.6 cm³/mol. The Morgan fingerprint density at radius 2 is 1.94 bits per heavy atom. The summed E-state index contributed by atoms with van der Waals surface area (Å²) in [6, 6.07) is -0.901. The molecule has 0 saturated carbocycles. The quantitative estimate of drug-likeness (QED) is 0.474. The Bertz CT molecular complexity index is 244. The molecule has 17 heavy (non-hydrogen) atoms. The molecule has 0 saturated heterocycles. The van der Waals surface area contributed by atoms with E-state index in [1.54, 1.807) is 20.8 Å². The van der Waals surface area contributed by atoms with Crippen molar-refractivity contribution >= 4 is 11.9 Å². The number of rotatable bonds is 7. The summed E-state index contributed by atoms with van der Waals surface area (Å²) in [4.78, 5) is 22.5. The van der Waals surface area contributed by atoms with Crippen molar-refractivity contribution in [1.29, 1.82) is 0 Å². The van der Waals surface area contributed by atoms with Crippen LogP contribution in [0.2, 0.25) is 0 Å². The van der Waals surface area contributed by atoms with Gasteiger partial charge in [-0.25, -0.2) is 4.79 Å². The Hall–Kier alpha value is -1.14. The lowest BCUT2D eigenvalue weighted by molar-refractivity contribution is -0.121. The van der Waals surface area contributed by atoms with Crippen LogP contribution in [0, 0.1) is 0 Å². The standard InChI is InChI=1S/C11H23N3O3/c1-4-12-11(17)14-10(16)9(3)13-7-5-6-8(2)15/h8-9,13,15H,4-7H2,1-3H3,(H2,12,14,16,17). The summed E-state index contributed by atoms with van der Waals surface area (Å²) in [5.41, 5.74) is 0. The topological polar surface area (TPSA) is 90.5 Å². The molecule has 4 N–H and O–H groups in total. The molecule has 6 nitrogen and oxygen atoms in total. The van der Waals surface area contributed by atoms with Crippen LogP contribution in [0.25, 0.3) is 0 Å². The van der Waals surface area contributed by atoms with Crippen LogP contribution < -0.4 is 16.0 Å². The molecule has 0 aliphatic heterocycles. The van der Waals surface area contributed by atoms with Gasteiger partial charge >= 0.3 is 6.03 Å². The first-order valence-corrected chi connectivity index (χ1v) is 5.97. The molecule has 6 heteroatoms. The molecule has 0 fully saturated rings. The fourth-order valence-electron chi connectivity index (χ4n) is 1.23. The summed E-state index contributed by atoms with van der Waals surface area (Å²) < 4.78 is 0. The number of urea groups is 1. The van der Waals surface area contributed by atoms with Crippen molar-refractivity contribution in [1.82, 2.24) is 16.0 Å². The molecule has 0 heterocycles. The van der Waals surface area contributed by atoms with E-state index in [1.807, 2.05) is 0 Å². The molecule has 3 amide bonds. The maximum Gasteiger partial charge on any atom is 0.321 e. The lowest BCUT2D eigenvalue weighted by atomic mass is 10.2. The van der Waals surface area contributed by atoms with Gasteiger partial charge < -0.3 is 15.7 Å². The highest BCUT2D eigenvalue weighted by atomic mass is 16.3. The molecule has 0 rings (SSSR count). The average Bonchev–Trinajstić information content (AvgIpc) is 2.23. The Labute approximate surface area is 102 Å². The first-order valence-electron chi connectivity index (χ1n) is 5.97. The smallest absolute Gasteiger partial charge is 0.321 e. The van der Waals surface area contributed by atoms with E-state index in [0.717, 1.165) is 6.42 Å². The fourth-order valence-corrected chi connectivity index (χ4v) is 1.23. The minimum atomic E-state index is -0.477. The van der Waals surface area contributed by atoms with Gasteiger partial charge in [0.2, 0.25) is 5.91 Å². The molecule has 2 unspecified atom stereocenters. The first-order chi connectivity index (χ1) is 7.97. The second-order valence-electron chi connectivity index (χ2n) is 4.02. The molecule has 0 aromatic carbocycles. The van der Waals surface area contributed by atoms with Gasteiger partial charge in [0.1, 0.15) is 0 Å². The van der Waals surface area contributed by atoms with Gasteiger partial charge in [-0.05, 0) is 40.2 Å². The minimum absolute atomic E-state index is 0.323. The lowest BCUT2D eigenvalue weighted by Crippen LogP contribution is -2.48. The number of nitrogens with one attached hydrogen (secondary N) is 3. The monoisotopic (exact) mass is 245 g/mol. The van der Waals surface area contributed by atoms with Crippen molar-refractivity contribution in [2.24, 2.45) is 0 Å². The normalized spacial score (nSPS) is 13.9. The van der Waals surface area contributed by atoms with Gasteiger partial charge in [0.25, 0.3) is 0 Å². The van der Waals surface area contributed by atoms with E-state index in [4.69, 9.17) is 5.11 Å². The van der Waals surface area contributed by atoms with E-state index in [-0.39, 0.29) is 12.0 Å². The van der Waals surface area contributed by atoms with E-state index in [2.05, 4.69) is 16.0 Å². The van der Waals surface area contributed by atoms with Gasteiger partial charge in [0.05, 0.1) is 12.1 Å². The molecule has 100 valence electrons. The average molecular weight is 245 g/mol. The maximum atomic E-state index is 11.5. The van der Waals surface area contributed by atoms with Crippen LogP contribution in [0.5, 0.6) is 0 Å². The summed E-state index contributed by atoms with van der Waals surface area (Å²) >= 11 is 0. The fraction of sp³-hybridized carbons (Fsp3) is 0.818. The van der Waals surface area contributed by atoms with Crippen LogP contribution in [0.1, 0.15) is 33.6 Å². The molecule has 2 atom stereocenters. The van der Waals surface area contributed by atoms with Crippen LogP contribution in [-0.2, 0) is 4.79 Å². The summed E-state index contributed by atoms with van der Waals surface area (Å²) in [5.74, 6) is -0.354. The summed E-state index contributed by atoms with van der Waals surface area (Å²) in [6.07, 6.45) is 1.16. The van der Waals surface area contributed by atoms with Crippen LogP contribution >= 0.6 is 0 Å². The molecule has 0 bridgehead atoms. The third-order valence-electron chi connectivity index (χ3n) is 2.22. The number of aliphatic hydroxyl groups is 1. The Morgan fingerprint density at radius 3 is 2.47 bits per heavy atom. The summed E-state index contributed by atoms with van der Waals surface area (Å²) in [7, 11) is 0. The summed E-state index contributed by atoms with van der Waals surface area (Å²) in [6.45, 7) is 6.31. The second kappa shape index (κ2) is 8.95. The highest BCUT2D eigenvalue weighted by molar-refractivity contribution is 5.96. The van der Waals surface area contributed by atoms with Crippen LogP contribution in [0.4, 0.5) is 4.79 Å². The number of amides is 3. The van der Waals surface area contributed by atoms with Gasteiger partial charge in [-0.2, -0.15) is 0 Å². The van der Waals surface area contributed by atoms with E-state index >= 15 is 0 Å². The van der Waals surface area contributed by atoms with Crippen LogP contribution in [-0.4, -0.2) is 42.3 Å². The van der Waals surface area contributed by atoms with Gasteiger partial charge in [0, 0.05) is 6.54 Å². The number of aliphatic hydroxyl groups excluding tert-OH is 1. The maximum absolute atomic E-state index is 11.5. The van der Waals surface area contributed by atoms with E-state index in [0.29, 0.717) is 19.5 Å². The predicted octanol–water partition coefficient (Wildman–Crippen LogP) is -0.0288. The molecule has 0 aliphatic rings. The lowest BCUT2D eigenvalue weighted by Gasteiger charge is -2.13. The number of carbonyl (C=O) groups is 2. The van der Waals surface area contributed by atoms with Crippen molar-refractivity contribution in [2.75, 3.05) is 13.1 Å². The highest BCUT2D eigenvalue weighted by Crippen LogP contribution is 1.94. The van der Waals surface area contributed by atoms with Gasteiger partial charge in [-0.1, -0.05) is 0 Å². The zero-order chi connectivity index (χ0) is 13.3. The SMILES string of the molecule is CCNC(=O)NC(=O)C(C)NCCCC(C)O. The zero-order valence-corrected chi connectivity index (χ0v) is 10.7. The van der Waals surface area contributed by atoms with Gasteiger partial charge in [-0.3, -0.25) is 10.1 Å². The van der Waals surface area contributed by atoms with Gasteiger partial charge in [0.15, 0.2) is 0 Å². The molecule has 0 spiro atoms. The molecular formula is C11H23N3O3. The van der Waals surface area contributed by atoms with Crippen molar-refractivity contribution in [3.63, 3.8) is 0 Å². The number of carbonyl (C=O) groups excluding carboxylic acids is 2. The van der Waals surface area contributed by atoms with Gasteiger partial charge in [-0.15, -0.1) is 0 Å². The number of hydrogen-bond acceptors (Lipinski definition) is 4. The number of imide groups is 1. The third kappa shape index (κ3) is 8.65. The zero-order valence-electron chi connectivity index (χ0n) is 10.7. The second-order valence-corrected chi connectivity index (χ2v) is 4.02. The Balaban J connectivity index is 3.71. The van der Waals surface area contributed by atoms with E-state index in [1.165, 1.54) is 0 Å². The Morgan fingerprint density at radius 1 is 1.29 bits per heavy atom. The van der Waals surface area contributed by atoms with E-state index in [9.17, 15) is 9.59 Å². The molecule has 0 aromatic rings.